The predicted molar refractivity (Wildman–Crippen MR) is 69.2 cm³/mol. The van der Waals surface area contributed by atoms with Crippen LogP contribution in [-0.2, 0) is 4.79 Å². The van der Waals surface area contributed by atoms with Crippen LogP contribution in [0.3, 0.4) is 0 Å². The first-order valence-electron chi connectivity index (χ1n) is 5.70. The molecule has 1 rings (SSSR count). The highest BCUT2D eigenvalue weighted by Gasteiger charge is 2.26. The number of anilines is 1. The Balaban J connectivity index is 2.47. The molecule has 0 unspecified atom stereocenters. The normalized spacial score (nSPS) is 11.0. The monoisotopic (exact) mass is 250 g/mol. The summed E-state index contributed by atoms with van der Waals surface area (Å²) in [6.07, 6.45) is 0.378. The molecule has 0 spiro atoms. The molecule has 4 N–H and O–H groups in total. The molecular weight excluding hydrogens is 232 g/mol. The maximum absolute atomic E-state index is 11.7. The zero-order valence-corrected chi connectivity index (χ0v) is 10.6. The van der Waals surface area contributed by atoms with Crippen LogP contribution in [0.4, 0.5) is 5.69 Å². The molecule has 0 aliphatic carbocycles. The molecule has 1 aromatic carbocycles. The van der Waals surface area contributed by atoms with Gasteiger partial charge < -0.3 is 16.2 Å². The average Bonchev–Trinajstić information content (AvgIpc) is 2.29. The van der Waals surface area contributed by atoms with E-state index in [-0.39, 0.29) is 5.91 Å². The molecule has 0 saturated heterocycles. The molecular formula is C13H18N2O3. The molecule has 1 aromatic rings. The number of rotatable bonds is 5. The lowest BCUT2D eigenvalue weighted by Gasteiger charge is -2.18. The maximum atomic E-state index is 11.7. The fourth-order valence-electron chi connectivity index (χ4n) is 1.33. The van der Waals surface area contributed by atoms with Crippen molar-refractivity contribution in [3.63, 3.8) is 0 Å². The van der Waals surface area contributed by atoms with Crippen LogP contribution in [0.25, 0.3) is 0 Å². The van der Waals surface area contributed by atoms with Crippen molar-refractivity contribution in [1.29, 1.82) is 0 Å². The Morgan fingerprint density at radius 2 is 1.83 bits per heavy atom. The van der Waals surface area contributed by atoms with Gasteiger partial charge in [-0.1, -0.05) is 0 Å². The van der Waals surface area contributed by atoms with E-state index < -0.39 is 11.4 Å². The molecule has 18 heavy (non-hydrogen) atoms. The smallest absolute Gasteiger partial charge is 0.309 e. The lowest BCUT2D eigenvalue weighted by molar-refractivity contribution is -0.147. The number of carbonyl (C=O) groups is 2. The Morgan fingerprint density at radius 3 is 2.33 bits per heavy atom. The molecule has 0 saturated carbocycles. The van der Waals surface area contributed by atoms with Crippen LogP contribution in [0.15, 0.2) is 24.3 Å². The van der Waals surface area contributed by atoms with E-state index in [4.69, 9.17) is 10.8 Å². The summed E-state index contributed by atoms with van der Waals surface area (Å²) in [6, 6.07) is 6.56. The minimum absolute atomic E-state index is 0.226. The maximum Gasteiger partial charge on any atom is 0.309 e. The summed E-state index contributed by atoms with van der Waals surface area (Å²) in [4.78, 5) is 22.6. The van der Waals surface area contributed by atoms with E-state index in [0.29, 0.717) is 24.2 Å². The van der Waals surface area contributed by atoms with Crippen molar-refractivity contribution in [3.05, 3.63) is 29.8 Å². The van der Waals surface area contributed by atoms with Gasteiger partial charge in [0.1, 0.15) is 0 Å². The Hall–Kier alpha value is -2.04. The first kappa shape index (κ1) is 14.0. The van der Waals surface area contributed by atoms with Crippen molar-refractivity contribution in [2.24, 2.45) is 5.41 Å². The number of nitrogens with two attached hydrogens (primary N) is 1. The quantitative estimate of drug-likeness (QED) is 0.690. The van der Waals surface area contributed by atoms with Crippen molar-refractivity contribution in [3.8, 4) is 0 Å². The Kier molecular flexibility index (Phi) is 4.31. The summed E-state index contributed by atoms with van der Waals surface area (Å²) in [5.74, 6) is -1.10. The van der Waals surface area contributed by atoms with Gasteiger partial charge in [0.05, 0.1) is 5.41 Å². The van der Waals surface area contributed by atoms with E-state index in [2.05, 4.69) is 5.32 Å². The Morgan fingerprint density at radius 1 is 1.28 bits per heavy atom. The van der Waals surface area contributed by atoms with Crippen LogP contribution < -0.4 is 11.1 Å². The van der Waals surface area contributed by atoms with Crippen molar-refractivity contribution in [2.45, 2.75) is 20.3 Å². The summed E-state index contributed by atoms with van der Waals surface area (Å²) < 4.78 is 0. The van der Waals surface area contributed by atoms with Crippen LogP contribution in [-0.4, -0.2) is 23.5 Å². The van der Waals surface area contributed by atoms with Gasteiger partial charge in [-0.25, -0.2) is 0 Å². The minimum Gasteiger partial charge on any atom is -0.481 e. The van der Waals surface area contributed by atoms with E-state index in [9.17, 15) is 9.59 Å². The van der Waals surface area contributed by atoms with Gasteiger partial charge >= 0.3 is 5.97 Å². The Labute approximate surface area is 106 Å². The van der Waals surface area contributed by atoms with Crippen LogP contribution in [0, 0.1) is 5.41 Å². The van der Waals surface area contributed by atoms with Gasteiger partial charge in [-0.2, -0.15) is 0 Å². The van der Waals surface area contributed by atoms with Crippen molar-refractivity contribution in [2.75, 3.05) is 12.3 Å². The topological polar surface area (TPSA) is 92.4 Å². The molecule has 5 nitrogen and oxygen atoms in total. The lowest BCUT2D eigenvalue weighted by Crippen LogP contribution is -2.31. The summed E-state index contributed by atoms with van der Waals surface area (Å²) in [6.45, 7) is 3.58. The number of carbonyl (C=O) groups excluding carboxylic acids is 1. The SMILES string of the molecule is CC(C)(CCNC(=O)c1ccc(N)cc1)C(=O)O. The molecule has 0 fully saturated rings. The number of nitrogens with one attached hydrogen (secondary N) is 1. The third kappa shape index (κ3) is 3.76. The highest BCUT2D eigenvalue weighted by Crippen LogP contribution is 2.19. The first-order chi connectivity index (χ1) is 8.33. The fourth-order valence-corrected chi connectivity index (χ4v) is 1.33. The van der Waals surface area contributed by atoms with Crippen LogP contribution in [0.2, 0.25) is 0 Å². The van der Waals surface area contributed by atoms with E-state index >= 15 is 0 Å². The lowest BCUT2D eigenvalue weighted by atomic mass is 9.90. The third-order valence-electron chi connectivity index (χ3n) is 2.79. The second kappa shape index (κ2) is 5.53. The van der Waals surface area contributed by atoms with Gasteiger partial charge in [-0.3, -0.25) is 9.59 Å². The molecule has 0 radical (unpaired) electrons. The number of benzene rings is 1. The number of carboxylic acids is 1. The zero-order valence-electron chi connectivity index (χ0n) is 10.6. The van der Waals surface area contributed by atoms with E-state index in [1.54, 1.807) is 38.1 Å². The molecule has 0 aliphatic rings. The number of hydrogen-bond acceptors (Lipinski definition) is 3. The molecule has 0 atom stereocenters. The second-order valence-electron chi connectivity index (χ2n) is 4.82. The molecule has 0 heterocycles. The van der Waals surface area contributed by atoms with Crippen molar-refractivity contribution in [1.82, 2.24) is 5.32 Å². The van der Waals surface area contributed by atoms with E-state index in [1.165, 1.54) is 0 Å². The fraction of sp³-hybridized carbons (Fsp3) is 0.385. The summed E-state index contributed by atoms with van der Waals surface area (Å²) in [5, 5.41) is 11.6. The van der Waals surface area contributed by atoms with E-state index in [1.807, 2.05) is 0 Å². The molecule has 0 bridgehead atoms. The average molecular weight is 250 g/mol. The number of hydrogen-bond donors (Lipinski definition) is 3. The molecule has 5 heteroatoms. The van der Waals surface area contributed by atoms with Gasteiger partial charge in [-0.15, -0.1) is 0 Å². The van der Waals surface area contributed by atoms with Crippen molar-refractivity contribution >= 4 is 17.6 Å². The largest absolute Gasteiger partial charge is 0.481 e. The van der Waals surface area contributed by atoms with Gasteiger partial charge in [0.15, 0.2) is 0 Å². The Bertz CT molecular complexity index is 438. The van der Waals surface area contributed by atoms with Crippen LogP contribution in [0.5, 0.6) is 0 Å². The van der Waals surface area contributed by atoms with Gasteiger partial charge in [0.25, 0.3) is 5.91 Å². The van der Waals surface area contributed by atoms with Gasteiger partial charge in [0.2, 0.25) is 0 Å². The minimum atomic E-state index is -0.871. The number of amides is 1. The summed E-state index contributed by atoms with van der Waals surface area (Å²) >= 11 is 0. The predicted octanol–water partition coefficient (Wildman–Crippen LogP) is 1.50. The second-order valence-corrected chi connectivity index (χ2v) is 4.82. The van der Waals surface area contributed by atoms with Gasteiger partial charge in [0, 0.05) is 17.8 Å². The number of carboxylic acid groups (broad SMARTS) is 1. The molecule has 0 aromatic heterocycles. The first-order valence-corrected chi connectivity index (χ1v) is 5.70. The summed E-state index contributed by atoms with van der Waals surface area (Å²) in [7, 11) is 0. The highest BCUT2D eigenvalue weighted by molar-refractivity contribution is 5.94. The van der Waals surface area contributed by atoms with Crippen LogP contribution in [0.1, 0.15) is 30.6 Å². The third-order valence-corrected chi connectivity index (χ3v) is 2.79. The van der Waals surface area contributed by atoms with Crippen LogP contribution >= 0.6 is 0 Å². The molecule has 98 valence electrons. The zero-order chi connectivity index (χ0) is 13.8. The number of nitrogen functional groups attached to an aromatic ring is 1. The van der Waals surface area contributed by atoms with Crippen molar-refractivity contribution < 1.29 is 14.7 Å². The molecule has 0 aliphatic heterocycles. The van der Waals surface area contributed by atoms with Gasteiger partial charge in [-0.05, 0) is 44.5 Å². The standard InChI is InChI=1S/C13H18N2O3/c1-13(2,12(17)18)7-8-15-11(16)9-3-5-10(14)6-4-9/h3-6H,7-8,14H2,1-2H3,(H,15,16)(H,17,18). The summed E-state index contributed by atoms with van der Waals surface area (Å²) in [5.41, 5.74) is 5.79. The highest BCUT2D eigenvalue weighted by atomic mass is 16.4. The molecule has 1 amide bonds. The number of aliphatic carboxylic acids is 1. The van der Waals surface area contributed by atoms with E-state index in [0.717, 1.165) is 0 Å².